The van der Waals surface area contributed by atoms with Gasteiger partial charge in [0.25, 0.3) is 0 Å². The number of hydrogen-bond acceptors (Lipinski definition) is 8. The molecule has 1 rings (SSSR count). The number of nitrogens with zero attached hydrogens (tertiary/aromatic N) is 1. The van der Waals surface area contributed by atoms with Crippen LogP contribution in [-0.4, -0.2) is 75.1 Å². The largest absolute Gasteiger partial charge is 0.480 e. The van der Waals surface area contributed by atoms with Crippen LogP contribution in [0.15, 0.2) is 12.5 Å². The first kappa shape index (κ1) is 23.9. The maximum atomic E-state index is 12.4. The second kappa shape index (κ2) is 11.7. The van der Waals surface area contributed by atoms with E-state index in [1.165, 1.54) is 12.5 Å². The topological polar surface area (TPSA) is 222 Å². The fraction of sp³-hybridized carbons (Fsp3) is 0.467. The van der Waals surface area contributed by atoms with E-state index in [1.54, 1.807) is 0 Å². The van der Waals surface area contributed by atoms with Gasteiger partial charge in [0.2, 0.25) is 23.6 Å². The van der Waals surface area contributed by atoms with Crippen LogP contribution in [0.2, 0.25) is 0 Å². The molecule has 0 aromatic carbocycles. The molecule has 4 amide bonds. The smallest absolute Gasteiger partial charge is 0.322 e. The molecule has 9 N–H and O–H groups in total. The highest BCUT2D eigenvalue weighted by molar-refractivity contribution is 7.80. The third-order valence-corrected chi connectivity index (χ3v) is 3.96. The Bertz CT molecular complexity index is 742. The first-order valence-electron chi connectivity index (χ1n) is 8.36. The lowest BCUT2D eigenvalue weighted by Crippen LogP contribution is -2.57. The van der Waals surface area contributed by atoms with Gasteiger partial charge in [-0.25, -0.2) is 4.98 Å². The number of rotatable bonds is 12. The fourth-order valence-electron chi connectivity index (χ4n) is 2.17. The first-order valence-corrected chi connectivity index (χ1v) is 8.99. The minimum absolute atomic E-state index is 0.105. The number of hydrogen-bond donors (Lipinski definition) is 8. The van der Waals surface area contributed by atoms with Crippen molar-refractivity contribution in [1.29, 1.82) is 0 Å². The zero-order chi connectivity index (χ0) is 22.0. The Morgan fingerprint density at radius 2 is 1.79 bits per heavy atom. The number of primary amides is 1. The minimum atomic E-state index is -1.39. The fourth-order valence-corrected chi connectivity index (χ4v) is 2.42. The highest BCUT2D eigenvalue weighted by Gasteiger charge is 2.29. The van der Waals surface area contributed by atoms with Gasteiger partial charge in [0.1, 0.15) is 18.6 Å². The molecular formula is C15H23N7O6S. The average Bonchev–Trinajstić information content (AvgIpc) is 3.15. The molecule has 0 aliphatic heterocycles. The number of aliphatic carboxylic acids is 1. The van der Waals surface area contributed by atoms with E-state index in [4.69, 9.17) is 16.6 Å². The van der Waals surface area contributed by atoms with Crippen molar-refractivity contribution in [3.05, 3.63) is 18.2 Å². The number of aromatic nitrogens is 2. The summed E-state index contributed by atoms with van der Waals surface area (Å²) < 4.78 is 0. The summed E-state index contributed by atoms with van der Waals surface area (Å²) in [6.07, 6.45) is 2.46. The van der Waals surface area contributed by atoms with Gasteiger partial charge in [-0.2, -0.15) is 12.6 Å². The predicted octanol–water partition coefficient (Wildman–Crippen LogP) is -3.74. The Morgan fingerprint density at radius 3 is 2.31 bits per heavy atom. The van der Waals surface area contributed by atoms with Crippen LogP contribution in [0.25, 0.3) is 0 Å². The Kier molecular flexibility index (Phi) is 9.61. The number of carboxylic acids is 1. The number of imidazole rings is 1. The van der Waals surface area contributed by atoms with Crippen molar-refractivity contribution in [2.75, 3.05) is 12.3 Å². The van der Waals surface area contributed by atoms with E-state index < -0.39 is 60.7 Å². The van der Waals surface area contributed by atoms with Gasteiger partial charge in [0.15, 0.2) is 0 Å². The third kappa shape index (κ3) is 8.61. The van der Waals surface area contributed by atoms with Gasteiger partial charge in [0, 0.05) is 24.1 Å². The van der Waals surface area contributed by atoms with Crippen LogP contribution in [0, 0.1) is 0 Å². The van der Waals surface area contributed by atoms with Crippen LogP contribution < -0.4 is 27.4 Å². The van der Waals surface area contributed by atoms with Crippen molar-refractivity contribution < 1.29 is 29.1 Å². The molecule has 0 aliphatic rings. The quantitative estimate of drug-likeness (QED) is 0.154. The summed E-state index contributed by atoms with van der Waals surface area (Å²) in [5.41, 5.74) is 11.5. The van der Waals surface area contributed by atoms with E-state index in [0.29, 0.717) is 5.69 Å². The molecule has 0 bridgehead atoms. The van der Waals surface area contributed by atoms with Crippen molar-refractivity contribution in [3.63, 3.8) is 0 Å². The first-order chi connectivity index (χ1) is 13.6. The summed E-state index contributed by atoms with van der Waals surface area (Å²) in [7, 11) is 0. The number of thiol groups is 1. The average molecular weight is 429 g/mol. The van der Waals surface area contributed by atoms with E-state index in [9.17, 15) is 24.0 Å². The molecular weight excluding hydrogens is 406 g/mol. The van der Waals surface area contributed by atoms with E-state index in [2.05, 4.69) is 38.5 Å². The number of carbonyl (C=O) groups is 5. The van der Waals surface area contributed by atoms with Crippen molar-refractivity contribution in [2.24, 2.45) is 11.5 Å². The number of carboxylic acid groups (broad SMARTS) is 1. The third-order valence-electron chi connectivity index (χ3n) is 3.60. The van der Waals surface area contributed by atoms with E-state index in [-0.39, 0.29) is 12.2 Å². The summed E-state index contributed by atoms with van der Waals surface area (Å²) in [5.74, 6) is -4.70. The Balaban J connectivity index is 2.75. The van der Waals surface area contributed by atoms with Gasteiger partial charge in [0.05, 0.1) is 18.8 Å². The maximum absolute atomic E-state index is 12.4. The molecule has 1 heterocycles. The zero-order valence-corrected chi connectivity index (χ0v) is 16.1. The van der Waals surface area contributed by atoms with Crippen LogP contribution in [0.4, 0.5) is 0 Å². The zero-order valence-electron chi connectivity index (χ0n) is 15.3. The minimum Gasteiger partial charge on any atom is -0.480 e. The van der Waals surface area contributed by atoms with Crippen LogP contribution >= 0.6 is 12.6 Å². The summed E-state index contributed by atoms with van der Waals surface area (Å²) in [6.45, 7) is -0.650. The van der Waals surface area contributed by atoms with Gasteiger partial charge < -0.3 is 37.5 Å². The summed E-state index contributed by atoms with van der Waals surface area (Å²) >= 11 is 3.93. The number of H-pyrrole nitrogens is 1. The van der Waals surface area contributed by atoms with Gasteiger partial charge in [-0.15, -0.1) is 0 Å². The lowest BCUT2D eigenvalue weighted by molar-refractivity contribution is -0.138. The normalized spacial score (nSPS) is 13.6. The summed E-state index contributed by atoms with van der Waals surface area (Å²) in [6, 6.07) is -3.63. The molecule has 0 saturated carbocycles. The number of nitrogens with one attached hydrogen (secondary N) is 4. The molecule has 0 aliphatic carbocycles. The number of carbonyl (C=O) groups excluding carboxylic acids is 4. The van der Waals surface area contributed by atoms with Crippen molar-refractivity contribution in [1.82, 2.24) is 25.9 Å². The standard InChI is InChI=1S/C15H23N7O6S/c16-8(1-7-3-18-6-20-7)13(26)21-9(2-11(17)23)15(28)22-10(5-29)14(27)19-4-12(24)25/h3,6,8-10,29H,1-2,4-5,16H2,(H2,17,23)(H,18,20)(H,19,27)(H,21,26)(H,22,28)(H,24,25). The molecule has 0 saturated heterocycles. The van der Waals surface area contributed by atoms with Gasteiger partial charge in [-0.1, -0.05) is 0 Å². The molecule has 13 nitrogen and oxygen atoms in total. The lowest BCUT2D eigenvalue weighted by atomic mass is 10.1. The molecule has 1 aromatic rings. The van der Waals surface area contributed by atoms with Crippen molar-refractivity contribution >= 4 is 42.2 Å². The molecule has 3 atom stereocenters. The maximum Gasteiger partial charge on any atom is 0.322 e. The van der Waals surface area contributed by atoms with Gasteiger partial charge in [-0.3, -0.25) is 24.0 Å². The molecule has 0 fully saturated rings. The summed E-state index contributed by atoms with van der Waals surface area (Å²) in [4.78, 5) is 65.0. The summed E-state index contributed by atoms with van der Waals surface area (Å²) in [5, 5.41) is 15.3. The van der Waals surface area contributed by atoms with E-state index >= 15 is 0 Å². The molecule has 1 aromatic heterocycles. The second-order valence-corrected chi connectivity index (χ2v) is 6.34. The molecule has 0 spiro atoms. The number of aromatic amines is 1. The lowest BCUT2D eigenvalue weighted by Gasteiger charge is -2.22. The molecule has 160 valence electrons. The Labute approximate surface area is 170 Å². The molecule has 14 heteroatoms. The van der Waals surface area contributed by atoms with E-state index in [1.807, 2.05) is 0 Å². The second-order valence-electron chi connectivity index (χ2n) is 5.97. The highest BCUT2D eigenvalue weighted by atomic mass is 32.1. The van der Waals surface area contributed by atoms with Crippen molar-refractivity contribution in [3.8, 4) is 0 Å². The monoisotopic (exact) mass is 429 g/mol. The Morgan fingerprint density at radius 1 is 1.14 bits per heavy atom. The van der Waals surface area contributed by atoms with E-state index in [0.717, 1.165) is 0 Å². The Hall–Kier alpha value is -3.13. The van der Waals surface area contributed by atoms with Crippen LogP contribution in [0.5, 0.6) is 0 Å². The highest BCUT2D eigenvalue weighted by Crippen LogP contribution is 2.00. The SMILES string of the molecule is NC(=O)CC(NC(=O)C(N)Cc1cnc[nH]1)C(=O)NC(CS)C(=O)NCC(=O)O. The molecule has 0 radical (unpaired) electrons. The number of nitrogens with two attached hydrogens (primary N) is 2. The van der Waals surface area contributed by atoms with Gasteiger partial charge in [-0.05, 0) is 0 Å². The molecule has 3 unspecified atom stereocenters. The van der Waals surface area contributed by atoms with Gasteiger partial charge >= 0.3 is 5.97 Å². The predicted molar refractivity (Wildman–Crippen MR) is 102 cm³/mol. The van der Waals surface area contributed by atoms with Crippen LogP contribution in [-0.2, 0) is 30.4 Å². The van der Waals surface area contributed by atoms with Crippen LogP contribution in [0.1, 0.15) is 12.1 Å². The number of amides is 4. The molecule has 29 heavy (non-hydrogen) atoms. The van der Waals surface area contributed by atoms with Crippen molar-refractivity contribution in [2.45, 2.75) is 31.0 Å². The van der Waals surface area contributed by atoms with Crippen LogP contribution in [0.3, 0.4) is 0 Å².